The lowest BCUT2D eigenvalue weighted by atomic mass is 10.2. The Morgan fingerprint density at radius 2 is 1.48 bits per heavy atom. The van der Waals surface area contributed by atoms with Crippen LogP contribution in [0.2, 0.25) is 0 Å². The molecule has 11 heteroatoms. The second-order valence-corrected chi connectivity index (χ2v) is 5.91. The maximum absolute atomic E-state index is 11.3. The highest BCUT2D eigenvalue weighted by Gasteiger charge is 2.17. The lowest BCUT2D eigenvalue weighted by molar-refractivity contribution is -0.384. The summed E-state index contributed by atoms with van der Waals surface area (Å²) in [6.45, 7) is 0. The van der Waals surface area contributed by atoms with Crippen molar-refractivity contribution in [3.05, 3.63) is 76.0 Å². The van der Waals surface area contributed by atoms with E-state index in [0.717, 1.165) is 11.8 Å². The molecule has 0 spiro atoms. The number of methoxy groups -OCH3 is 2. The minimum absolute atomic E-state index is 0.0479. The maximum Gasteiger partial charge on any atom is 0.331 e. The highest BCUT2D eigenvalue weighted by atomic mass is 16.6. The number of benzene rings is 2. The van der Waals surface area contributed by atoms with Gasteiger partial charge in [0.25, 0.3) is 0 Å². The fraction of sp³-hybridized carbons (Fsp3) is 0.100. The first-order valence-electron chi connectivity index (χ1n) is 8.98. The molecule has 0 saturated carbocycles. The summed E-state index contributed by atoms with van der Waals surface area (Å²) >= 11 is 0. The third kappa shape index (κ3) is 5.50. The number of nitrogens with zero attached hydrogens (tertiary/aromatic N) is 5. The zero-order valence-electron chi connectivity index (χ0n) is 16.7. The first kappa shape index (κ1) is 21.2. The average molecular weight is 421 g/mol. The fourth-order valence-corrected chi connectivity index (χ4v) is 2.51. The van der Waals surface area contributed by atoms with E-state index in [4.69, 9.17) is 9.47 Å². The quantitative estimate of drug-likeness (QED) is 0.305. The third-order valence-corrected chi connectivity index (χ3v) is 3.99. The van der Waals surface area contributed by atoms with E-state index in [-0.39, 0.29) is 17.5 Å². The van der Waals surface area contributed by atoms with Gasteiger partial charge in [0.2, 0.25) is 11.8 Å². The van der Waals surface area contributed by atoms with Gasteiger partial charge in [-0.25, -0.2) is 10.4 Å². The molecule has 0 unspecified atom stereocenters. The monoisotopic (exact) mass is 421 g/mol. The van der Waals surface area contributed by atoms with Crippen molar-refractivity contribution in [2.45, 2.75) is 0 Å². The van der Waals surface area contributed by atoms with Crippen LogP contribution in [0.5, 0.6) is 11.5 Å². The largest absolute Gasteiger partial charge is 0.496 e. The number of anilines is 2. The predicted molar refractivity (Wildman–Crippen MR) is 117 cm³/mol. The van der Waals surface area contributed by atoms with Crippen LogP contribution in [-0.4, -0.2) is 41.5 Å². The molecule has 158 valence electrons. The molecule has 0 amide bonds. The molecule has 31 heavy (non-hydrogen) atoms. The molecular weight excluding hydrogens is 402 g/mol. The van der Waals surface area contributed by atoms with E-state index in [2.05, 4.69) is 31.0 Å². The van der Waals surface area contributed by atoms with Gasteiger partial charge in [0, 0.05) is 11.1 Å². The van der Waals surface area contributed by atoms with Crippen LogP contribution >= 0.6 is 0 Å². The molecule has 2 aromatic carbocycles. The number of nitrogens with one attached hydrogen (secondary N) is 2. The summed E-state index contributed by atoms with van der Waals surface area (Å²) in [6.07, 6.45) is 4.06. The normalized spacial score (nSPS) is 10.9. The van der Waals surface area contributed by atoms with E-state index in [1.807, 2.05) is 30.3 Å². The van der Waals surface area contributed by atoms with Crippen molar-refractivity contribution >= 4 is 29.9 Å². The van der Waals surface area contributed by atoms with Gasteiger partial charge in [0.15, 0.2) is 0 Å². The SMILES string of the molecule is COc1ccccc1/C=N/Nc1ncc([N+](=O)[O-])c(N/N=C/c2ccccc2OC)n1. The lowest BCUT2D eigenvalue weighted by Crippen LogP contribution is -2.04. The first-order chi connectivity index (χ1) is 15.1. The molecule has 0 radical (unpaired) electrons. The Morgan fingerprint density at radius 1 is 0.935 bits per heavy atom. The van der Waals surface area contributed by atoms with Crippen molar-refractivity contribution in [3.63, 3.8) is 0 Å². The van der Waals surface area contributed by atoms with Crippen molar-refractivity contribution in [1.29, 1.82) is 0 Å². The molecule has 0 aliphatic heterocycles. The van der Waals surface area contributed by atoms with Crippen LogP contribution in [0.3, 0.4) is 0 Å². The second-order valence-electron chi connectivity index (χ2n) is 5.91. The van der Waals surface area contributed by atoms with Gasteiger partial charge in [-0.1, -0.05) is 24.3 Å². The van der Waals surface area contributed by atoms with Crippen LogP contribution < -0.4 is 20.3 Å². The third-order valence-electron chi connectivity index (χ3n) is 3.99. The molecule has 0 saturated heterocycles. The first-order valence-corrected chi connectivity index (χ1v) is 8.98. The number of hydrogen-bond acceptors (Lipinski definition) is 10. The number of hydrazone groups is 2. The number of rotatable bonds is 9. The topological polar surface area (TPSA) is 136 Å². The number of nitro groups is 1. The average Bonchev–Trinajstić information content (AvgIpc) is 2.79. The molecule has 0 bridgehead atoms. The zero-order chi connectivity index (χ0) is 22.1. The van der Waals surface area contributed by atoms with Crippen LogP contribution in [0.1, 0.15) is 11.1 Å². The van der Waals surface area contributed by atoms with E-state index in [0.29, 0.717) is 17.1 Å². The summed E-state index contributed by atoms with van der Waals surface area (Å²) < 4.78 is 10.5. The zero-order valence-corrected chi connectivity index (χ0v) is 16.7. The molecule has 3 rings (SSSR count). The molecule has 11 nitrogen and oxygen atoms in total. The van der Waals surface area contributed by atoms with Crippen molar-refractivity contribution in [3.8, 4) is 11.5 Å². The minimum Gasteiger partial charge on any atom is -0.496 e. The summed E-state index contributed by atoms with van der Waals surface area (Å²) in [7, 11) is 3.10. The Hall–Kier alpha value is -4.54. The summed E-state index contributed by atoms with van der Waals surface area (Å²) in [5.41, 5.74) is 6.29. The Balaban J connectivity index is 1.77. The van der Waals surface area contributed by atoms with Gasteiger partial charge < -0.3 is 9.47 Å². The Bertz CT molecular complexity index is 1120. The van der Waals surface area contributed by atoms with Gasteiger partial charge in [-0.3, -0.25) is 15.5 Å². The second kappa shape index (κ2) is 10.3. The van der Waals surface area contributed by atoms with Crippen molar-refractivity contribution in [1.82, 2.24) is 9.97 Å². The van der Waals surface area contributed by atoms with Crippen molar-refractivity contribution in [2.75, 3.05) is 25.1 Å². The van der Waals surface area contributed by atoms with Crippen LogP contribution in [0.25, 0.3) is 0 Å². The van der Waals surface area contributed by atoms with Crippen molar-refractivity contribution < 1.29 is 14.4 Å². The molecular formula is C20H19N7O4. The standard InChI is InChI=1S/C20H19N7O4/c1-30-17-9-5-3-7-14(17)11-22-25-19-16(27(28)29)13-21-20(24-19)26-23-12-15-8-4-6-10-18(15)31-2/h3-13H,1-2H3,(H2,21,24,25,26)/b22-11+,23-12+. The van der Waals surface area contributed by atoms with E-state index in [9.17, 15) is 10.1 Å². The highest BCUT2D eigenvalue weighted by molar-refractivity contribution is 5.84. The Kier molecular flexibility index (Phi) is 7.03. The van der Waals surface area contributed by atoms with Crippen LogP contribution in [0.4, 0.5) is 17.5 Å². The van der Waals surface area contributed by atoms with Crippen LogP contribution in [0.15, 0.2) is 64.9 Å². The maximum atomic E-state index is 11.3. The van der Waals surface area contributed by atoms with Gasteiger partial charge in [0.05, 0.1) is 31.6 Å². The highest BCUT2D eigenvalue weighted by Crippen LogP contribution is 2.22. The fourth-order valence-electron chi connectivity index (χ4n) is 2.51. The van der Waals surface area contributed by atoms with E-state index in [1.165, 1.54) is 12.4 Å². The molecule has 0 fully saturated rings. The number of ether oxygens (including phenoxy) is 2. The number of para-hydroxylation sites is 2. The molecule has 0 aliphatic carbocycles. The van der Waals surface area contributed by atoms with E-state index < -0.39 is 4.92 Å². The van der Waals surface area contributed by atoms with Gasteiger partial charge in [-0.15, -0.1) is 0 Å². The van der Waals surface area contributed by atoms with E-state index >= 15 is 0 Å². The molecule has 0 aliphatic rings. The number of aromatic nitrogens is 2. The predicted octanol–water partition coefficient (Wildman–Crippen LogP) is 3.29. The number of hydrogen-bond donors (Lipinski definition) is 2. The molecule has 0 atom stereocenters. The Morgan fingerprint density at radius 3 is 2.03 bits per heavy atom. The molecule has 3 aromatic rings. The summed E-state index contributed by atoms with van der Waals surface area (Å²) in [4.78, 5) is 18.7. The van der Waals surface area contributed by atoms with Gasteiger partial charge in [0.1, 0.15) is 17.7 Å². The lowest BCUT2D eigenvalue weighted by Gasteiger charge is -2.05. The smallest absolute Gasteiger partial charge is 0.331 e. The summed E-state index contributed by atoms with van der Waals surface area (Å²) in [6, 6.07) is 14.5. The van der Waals surface area contributed by atoms with E-state index in [1.54, 1.807) is 32.4 Å². The van der Waals surface area contributed by atoms with Gasteiger partial charge >= 0.3 is 5.69 Å². The van der Waals surface area contributed by atoms with Crippen LogP contribution in [0, 0.1) is 10.1 Å². The van der Waals surface area contributed by atoms with Crippen molar-refractivity contribution in [2.24, 2.45) is 10.2 Å². The molecule has 1 aromatic heterocycles. The molecule has 2 N–H and O–H groups in total. The van der Waals surface area contributed by atoms with Gasteiger partial charge in [-0.2, -0.15) is 15.2 Å². The van der Waals surface area contributed by atoms with Gasteiger partial charge in [-0.05, 0) is 24.3 Å². The minimum atomic E-state index is -0.608. The summed E-state index contributed by atoms with van der Waals surface area (Å²) in [5.74, 6) is 1.21. The summed E-state index contributed by atoms with van der Waals surface area (Å²) in [5, 5.41) is 19.4. The molecule has 1 heterocycles. The van der Waals surface area contributed by atoms with Crippen LogP contribution in [-0.2, 0) is 0 Å². The Labute approximate surface area is 177 Å².